The summed E-state index contributed by atoms with van der Waals surface area (Å²) in [5, 5.41) is 22.7. The van der Waals surface area contributed by atoms with Gasteiger partial charge in [-0.25, -0.2) is 0 Å². The van der Waals surface area contributed by atoms with E-state index in [2.05, 4.69) is 17.1 Å². The van der Waals surface area contributed by atoms with Gasteiger partial charge in [0.05, 0.1) is 6.61 Å². The Morgan fingerprint density at radius 1 is 1.12 bits per heavy atom. The maximum atomic E-state index is 13.6. The third-order valence-corrected chi connectivity index (χ3v) is 8.25. The molecule has 4 rings (SSSR count). The molecule has 1 aliphatic carbocycles. The average molecular weight is 472 g/mol. The van der Waals surface area contributed by atoms with Crippen LogP contribution in [0.15, 0.2) is 18.2 Å². The normalized spacial score (nSPS) is 23.9. The summed E-state index contributed by atoms with van der Waals surface area (Å²) < 4.78 is 0. The van der Waals surface area contributed by atoms with Crippen molar-refractivity contribution >= 4 is 11.8 Å². The fourth-order valence-corrected chi connectivity index (χ4v) is 6.09. The lowest BCUT2D eigenvalue weighted by Gasteiger charge is -2.52. The lowest BCUT2D eigenvalue weighted by atomic mass is 9.79. The Balaban J connectivity index is 1.44. The van der Waals surface area contributed by atoms with Gasteiger partial charge in [0, 0.05) is 31.7 Å². The molecule has 188 valence electrons. The Hall–Kier alpha value is -2.12. The quantitative estimate of drug-likeness (QED) is 0.541. The predicted molar refractivity (Wildman–Crippen MR) is 131 cm³/mol. The van der Waals surface area contributed by atoms with Crippen LogP contribution in [0.25, 0.3) is 0 Å². The van der Waals surface area contributed by atoms with Crippen molar-refractivity contribution in [3.8, 4) is 5.75 Å². The van der Waals surface area contributed by atoms with Crippen molar-refractivity contribution in [1.29, 1.82) is 0 Å². The molecule has 1 spiro atoms. The summed E-state index contributed by atoms with van der Waals surface area (Å²) in [6.07, 6.45) is 9.98. The van der Waals surface area contributed by atoms with Crippen molar-refractivity contribution in [1.82, 2.24) is 15.1 Å². The fourth-order valence-electron chi connectivity index (χ4n) is 6.09. The number of nitrogens with zero attached hydrogens (tertiary/aromatic N) is 2. The summed E-state index contributed by atoms with van der Waals surface area (Å²) in [4.78, 5) is 31.4. The van der Waals surface area contributed by atoms with Crippen molar-refractivity contribution in [3.05, 3.63) is 29.3 Å². The number of aromatic hydroxyl groups is 1. The van der Waals surface area contributed by atoms with Gasteiger partial charge in [-0.3, -0.25) is 14.5 Å². The number of amides is 2. The monoisotopic (exact) mass is 471 g/mol. The number of hydrogen-bond donors (Lipinski definition) is 3. The highest BCUT2D eigenvalue weighted by atomic mass is 16.3. The van der Waals surface area contributed by atoms with Gasteiger partial charge < -0.3 is 20.4 Å². The van der Waals surface area contributed by atoms with Gasteiger partial charge >= 0.3 is 0 Å². The number of aliphatic hydroxyl groups excluding tert-OH is 1. The van der Waals surface area contributed by atoms with E-state index in [0.29, 0.717) is 50.5 Å². The minimum Gasteiger partial charge on any atom is -0.508 e. The SMILES string of the molecule is CCCCN1C(=O)C(CC2CCCCC2)NC(=O)C12CCN(Cc1ccc(CO)cc1O)CC2. The topological polar surface area (TPSA) is 93.1 Å². The number of unbranched alkanes of at least 4 members (excludes halogenated alkanes) is 1. The zero-order chi connectivity index (χ0) is 24.1. The molecule has 3 fully saturated rings. The Labute approximate surface area is 203 Å². The van der Waals surface area contributed by atoms with Gasteiger partial charge in [-0.1, -0.05) is 57.6 Å². The van der Waals surface area contributed by atoms with Crippen molar-refractivity contribution < 1.29 is 19.8 Å². The number of nitrogens with one attached hydrogen (secondary N) is 1. The number of piperazine rings is 1. The number of piperidine rings is 1. The van der Waals surface area contributed by atoms with E-state index in [-0.39, 0.29) is 30.2 Å². The van der Waals surface area contributed by atoms with Crippen molar-refractivity contribution in [2.75, 3.05) is 19.6 Å². The number of carbonyl (C=O) groups excluding carboxylic acids is 2. The first kappa shape index (κ1) is 25.0. The molecule has 34 heavy (non-hydrogen) atoms. The molecule has 2 saturated heterocycles. The number of likely N-dealkylation sites (tertiary alicyclic amines) is 1. The largest absolute Gasteiger partial charge is 0.508 e. The molecule has 1 aromatic carbocycles. The van der Waals surface area contributed by atoms with E-state index < -0.39 is 5.54 Å². The minimum atomic E-state index is -0.755. The molecule has 0 aromatic heterocycles. The lowest BCUT2D eigenvalue weighted by Crippen LogP contribution is -2.73. The molecule has 7 nitrogen and oxygen atoms in total. The van der Waals surface area contributed by atoms with Crippen molar-refractivity contribution in [3.63, 3.8) is 0 Å². The zero-order valence-electron chi connectivity index (χ0n) is 20.6. The smallest absolute Gasteiger partial charge is 0.246 e. The highest BCUT2D eigenvalue weighted by molar-refractivity contribution is 6.00. The van der Waals surface area contributed by atoms with E-state index in [1.165, 1.54) is 32.1 Å². The van der Waals surface area contributed by atoms with Gasteiger partial charge in [0.2, 0.25) is 11.8 Å². The summed E-state index contributed by atoms with van der Waals surface area (Å²) in [6.45, 7) is 4.64. The van der Waals surface area contributed by atoms with Crippen LogP contribution in [0.1, 0.15) is 82.3 Å². The van der Waals surface area contributed by atoms with E-state index in [0.717, 1.165) is 24.8 Å². The zero-order valence-corrected chi connectivity index (χ0v) is 20.6. The van der Waals surface area contributed by atoms with Crippen LogP contribution in [-0.4, -0.2) is 63.0 Å². The molecule has 0 bridgehead atoms. The number of carbonyl (C=O) groups is 2. The molecule has 2 aliphatic heterocycles. The molecule has 2 heterocycles. The van der Waals surface area contributed by atoms with Gasteiger partial charge in [-0.05, 0) is 43.2 Å². The van der Waals surface area contributed by atoms with Gasteiger partial charge in [0.1, 0.15) is 17.3 Å². The summed E-state index contributed by atoms with van der Waals surface area (Å²) >= 11 is 0. The number of hydrogen-bond acceptors (Lipinski definition) is 5. The van der Waals surface area contributed by atoms with E-state index >= 15 is 0 Å². The number of benzene rings is 1. The van der Waals surface area contributed by atoms with Crippen LogP contribution in [0.5, 0.6) is 5.75 Å². The van der Waals surface area contributed by atoms with Crippen LogP contribution in [0, 0.1) is 5.92 Å². The number of phenolic OH excluding ortho intramolecular Hbond substituents is 1. The standard InChI is InChI=1S/C27H41N3O4/c1-2-3-13-30-25(33)23(16-20-7-5-4-6-8-20)28-26(34)27(30)11-14-29(15-12-27)18-22-10-9-21(19-31)17-24(22)32/h9-10,17,20,23,31-32H,2-8,11-16,18-19H2,1H3,(H,28,34). The van der Waals surface area contributed by atoms with Gasteiger partial charge in [-0.2, -0.15) is 0 Å². The second-order valence-electron chi connectivity index (χ2n) is 10.5. The molecule has 1 saturated carbocycles. The molecular formula is C27H41N3O4. The van der Waals surface area contributed by atoms with Crippen LogP contribution in [0.4, 0.5) is 0 Å². The third kappa shape index (κ3) is 5.25. The van der Waals surface area contributed by atoms with Crippen LogP contribution in [0.2, 0.25) is 0 Å². The van der Waals surface area contributed by atoms with Crippen LogP contribution in [0.3, 0.4) is 0 Å². The van der Waals surface area contributed by atoms with Gasteiger partial charge in [-0.15, -0.1) is 0 Å². The van der Waals surface area contributed by atoms with Crippen LogP contribution >= 0.6 is 0 Å². The Kier molecular flexibility index (Phi) is 8.14. The first-order valence-corrected chi connectivity index (χ1v) is 13.2. The maximum absolute atomic E-state index is 13.6. The van der Waals surface area contributed by atoms with E-state index in [4.69, 9.17) is 0 Å². The molecule has 7 heteroatoms. The number of phenols is 1. The Morgan fingerprint density at radius 2 is 1.85 bits per heavy atom. The van der Waals surface area contributed by atoms with E-state index in [1.54, 1.807) is 6.07 Å². The molecule has 1 unspecified atom stereocenters. The van der Waals surface area contributed by atoms with E-state index in [9.17, 15) is 19.8 Å². The molecule has 3 N–H and O–H groups in total. The summed E-state index contributed by atoms with van der Waals surface area (Å²) in [5.74, 6) is 0.868. The molecule has 2 amide bonds. The van der Waals surface area contributed by atoms with Crippen molar-refractivity contribution in [2.45, 2.75) is 95.9 Å². The van der Waals surface area contributed by atoms with Crippen molar-refractivity contribution in [2.24, 2.45) is 5.92 Å². The minimum absolute atomic E-state index is 0.0267. The highest BCUT2D eigenvalue weighted by Gasteiger charge is 2.53. The first-order chi connectivity index (χ1) is 16.5. The summed E-state index contributed by atoms with van der Waals surface area (Å²) in [6, 6.07) is 4.91. The average Bonchev–Trinajstić information content (AvgIpc) is 2.85. The Morgan fingerprint density at radius 3 is 2.50 bits per heavy atom. The fraction of sp³-hybridized carbons (Fsp3) is 0.704. The number of rotatable bonds is 8. The second kappa shape index (κ2) is 11.1. The maximum Gasteiger partial charge on any atom is 0.246 e. The molecular weight excluding hydrogens is 430 g/mol. The predicted octanol–water partition coefficient (Wildman–Crippen LogP) is 3.32. The van der Waals surface area contributed by atoms with Gasteiger partial charge in [0.15, 0.2) is 0 Å². The number of aliphatic hydroxyl groups is 1. The molecule has 1 aromatic rings. The van der Waals surface area contributed by atoms with E-state index in [1.807, 2.05) is 17.0 Å². The summed E-state index contributed by atoms with van der Waals surface area (Å²) in [7, 11) is 0. The second-order valence-corrected chi connectivity index (χ2v) is 10.5. The van der Waals surface area contributed by atoms with Gasteiger partial charge in [0.25, 0.3) is 0 Å². The van der Waals surface area contributed by atoms with Crippen LogP contribution in [-0.2, 0) is 22.7 Å². The summed E-state index contributed by atoms with van der Waals surface area (Å²) in [5.41, 5.74) is 0.743. The molecule has 0 radical (unpaired) electrons. The molecule has 3 aliphatic rings. The third-order valence-electron chi connectivity index (χ3n) is 8.25. The Bertz CT molecular complexity index is 859. The first-order valence-electron chi connectivity index (χ1n) is 13.2. The van der Waals surface area contributed by atoms with Crippen LogP contribution < -0.4 is 5.32 Å². The lowest BCUT2D eigenvalue weighted by molar-refractivity contribution is -0.162. The molecule has 1 atom stereocenters. The highest BCUT2D eigenvalue weighted by Crippen LogP contribution is 2.36.